The number of amides is 1. The summed E-state index contributed by atoms with van der Waals surface area (Å²) in [6.45, 7) is 4.01. The minimum absolute atomic E-state index is 0. The van der Waals surface area contributed by atoms with Crippen molar-refractivity contribution < 1.29 is 4.79 Å². The second-order valence-electron chi connectivity index (χ2n) is 5.99. The average Bonchev–Trinajstić information content (AvgIpc) is 3.16. The van der Waals surface area contributed by atoms with Crippen LogP contribution >= 0.6 is 35.3 Å². The van der Waals surface area contributed by atoms with Crippen LogP contribution < -0.4 is 5.32 Å². The Morgan fingerprint density at radius 3 is 2.81 bits per heavy atom. The van der Waals surface area contributed by atoms with Crippen LogP contribution in [-0.2, 0) is 6.54 Å². The van der Waals surface area contributed by atoms with E-state index < -0.39 is 0 Å². The highest BCUT2D eigenvalue weighted by Gasteiger charge is 2.19. The molecule has 2 aromatic heterocycles. The fraction of sp³-hybridized carbons (Fsp3) is 0.333. The number of hydrogen-bond donors (Lipinski definition) is 1. The molecule has 0 fully saturated rings. The third-order valence-electron chi connectivity index (χ3n) is 4.14. The molecule has 1 N–H and O–H groups in total. The fourth-order valence-electron chi connectivity index (χ4n) is 2.68. The predicted octanol–water partition coefficient (Wildman–Crippen LogP) is 3.82. The molecule has 0 aliphatic carbocycles. The minimum Gasteiger partial charge on any atom is -0.340 e. The maximum absolute atomic E-state index is 12.6. The molecule has 8 heteroatoms. The number of likely N-dealkylation sites (N-methyl/N-ethyl adjacent to an activating group) is 2. The standard InChI is InChI=1S/C18H21ClN4OS.ClH/c1-12-14-10-16(17(24)22(3)9-8-20-2)25-18(14)23(21-12)11-13-6-4-5-7-15(13)19;/h4-7,10,20H,8-9,11H2,1-3H3;1H. The third kappa shape index (κ3) is 4.20. The first-order valence-corrected chi connectivity index (χ1v) is 9.31. The second kappa shape index (κ2) is 8.86. The molecule has 140 valence electrons. The number of hydrogen-bond acceptors (Lipinski definition) is 4. The first kappa shape index (κ1) is 20.7. The number of fused-ring (bicyclic) bond motifs is 1. The van der Waals surface area contributed by atoms with Gasteiger partial charge in [-0.15, -0.1) is 23.7 Å². The summed E-state index contributed by atoms with van der Waals surface area (Å²) < 4.78 is 1.93. The Bertz CT molecular complexity index is 906. The molecule has 1 amide bonds. The van der Waals surface area contributed by atoms with E-state index in [0.717, 1.165) is 37.9 Å². The molecule has 0 aliphatic rings. The van der Waals surface area contributed by atoms with E-state index in [4.69, 9.17) is 11.6 Å². The molecule has 5 nitrogen and oxygen atoms in total. The lowest BCUT2D eigenvalue weighted by atomic mass is 10.2. The predicted molar refractivity (Wildman–Crippen MR) is 111 cm³/mol. The zero-order chi connectivity index (χ0) is 18.0. The molecular formula is C18H22Cl2N4OS. The molecule has 0 saturated heterocycles. The van der Waals surface area contributed by atoms with Gasteiger partial charge in [-0.1, -0.05) is 29.8 Å². The molecule has 0 atom stereocenters. The Morgan fingerprint density at radius 2 is 2.12 bits per heavy atom. The largest absolute Gasteiger partial charge is 0.340 e. The molecule has 0 spiro atoms. The van der Waals surface area contributed by atoms with E-state index in [1.807, 2.05) is 56.0 Å². The van der Waals surface area contributed by atoms with Crippen molar-refractivity contribution in [3.63, 3.8) is 0 Å². The zero-order valence-electron chi connectivity index (χ0n) is 15.0. The number of halogens is 2. The van der Waals surface area contributed by atoms with Crippen molar-refractivity contribution in [2.45, 2.75) is 13.5 Å². The van der Waals surface area contributed by atoms with Gasteiger partial charge in [0.2, 0.25) is 0 Å². The normalized spacial score (nSPS) is 10.8. The maximum Gasteiger partial charge on any atom is 0.263 e. The van der Waals surface area contributed by atoms with E-state index in [1.165, 1.54) is 11.3 Å². The first-order chi connectivity index (χ1) is 12.0. The SMILES string of the molecule is CNCCN(C)C(=O)c1cc2c(C)nn(Cc3ccccc3Cl)c2s1.Cl. The van der Waals surface area contributed by atoms with E-state index in [9.17, 15) is 4.79 Å². The molecular weight excluding hydrogens is 391 g/mol. The lowest BCUT2D eigenvalue weighted by Gasteiger charge is -2.15. The monoisotopic (exact) mass is 412 g/mol. The summed E-state index contributed by atoms with van der Waals surface area (Å²) in [7, 11) is 3.71. The molecule has 0 bridgehead atoms. The molecule has 0 unspecified atom stereocenters. The highest BCUT2D eigenvalue weighted by Crippen LogP contribution is 2.30. The van der Waals surface area contributed by atoms with Gasteiger partial charge in [0, 0.05) is 30.5 Å². The summed E-state index contributed by atoms with van der Waals surface area (Å²) in [5.41, 5.74) is 1.94. The van der Waals surface area contributed by atoms with E-state index in [-0.39, 0.29) is 18.3 Å². The van der Waals surface area contributed by atoms with Crippen LogP contribution in [0.25, 0.3) is 10.2 Å². The smallest absolute Gasteiger partial charge is 0.263 e. The van der Waals surface area contributed by atoms with Gasteiger partial charge in [0.15, 0.2) is 0 Å². The van der Waals surface area contributed by atoms with E-state index in [0.29, 0.717) is 13.1 Å². The average molecular weight is 413 g/mol. The van der Waals surface area contributed by atoms with Crippen LogP contribution in [0.1, 0.15) is 20.9 Å². The number of thiophene rings is 1. The highest BCUT2D eigenvalue weighted by molar-refractivity contribution is 7.20. The van der Waals surface area contributed by atoms with Crippen molar-refractivity contribution in [3.8, 4) is 0 Å². The van der Waals surface area contributed by atoms with Crippen LogP contribution in [-0.4, -0.2) is 47.8 Å². The van der Waals surface area contributed by atoms with Crippen molar-refractivity contribution in [1.29, 1.82) is 0 Å². The lowest BCUT2D eigenvalue weighted by Crippen LogP contribution is -2.32. The summed E-state index contributed by atoms with van der Waals surface area (Å²) in [6, 6.07) is 9.71. The van der Waals surface area contributed by atoms with Gasteiger partial charge >= 0.3 is 0 Å². The number of aromatic nitrogens is 2. The van der Waals surface area contributed by atoms with Crippen LogP contribution in [0, 0.1) is 6.92 Å². The molecule has 3 rings (SSSR count). The van der Waals surface area contributed by atoms with Crippen LogP contribution in [0.2, 0.25) is 5.02 Å². The Balaban J connectivity index is 0.00000243. The summed E-state index contributed by atoms with van der Waals surface area (Å²) in [6.07, 6.45) is 0. The quantitative estimate of drug-likeness (QED) is 0.669. The van der Waals surface area contributed by atoms with E-state index >= 15 is 0 Å². The Hall–Kier alpha value is -1.60. The van der Waals surface area contributed by atoms with E-state index in [2.05, 4.69) is 10.4 Å². The molecule has 0 radical (unpaired) electrons. The van der Waals surface area contributed by atoms with Crippen LogP contribution in [0.5, 0.6) is 0 Å². The molecule has 0 saturated carbocycles. The van der Waals surface area contributed by atoms with Gasteiger partial charge < -0.3 is 10.2 Å². The lowest BCUT2D eigenvalue weighted by molar-refractivity contribution is 0.0801. The number of benzene rings is 1. The number of rotatable bonds is 6. The van der Waals surface area contributed by atoms with Crippen molar-refractivity contribution in [2.75, 3.05) is 27.2 Å². The third-order valence-corrected chi connectivity index (χ3v) is 5.65. The van der Waals surface area contributed by atoms with Crippen LogP contribution in [0.15, 0.2) is 30.3 Å². The summed E-state index contributed by atoms with van der Waals surface area (Å²) in [4.78, 5) is 16.1. The molecule has 26 heavy (non-hydrogen) atoms. The minimum atomic E-state index is 0. The summed E-state index contributed by atoms with van der Waals surface area (Å²) in [5.74, 6) is 0.0418. The molecule has 3 aromatic rings. The van der Waals surface area contributed by atoms with Gasteiger partial charge in [0.1, 0.15) is 4.83 Å². The maximum atomic E-state index is 12.6. The van der Waals surface area contributed by atoms with Gasteiger partial charge in [0.25, 0.3) is 5.91 Å². The van der Waals surface area contributed by atoms with Crippen molar-refractivity contribution >= 4 is 51.5 Å². The number of nitrogens with zero attached hydrogens (tertiary/aromatic N) is 3. The van der Waals surface area contributed by atoms with Gasteiger partial charge in [-0.25, -0.2) is 0 Å². The number of carbonyl (C=O) groups excluding carboxylic acids is 1. The summed E-state index contributed by atoms with van der Waals surface area (Å²) >= 11 is 7.76. The Kier molecular flexibility index (Phi) is 7.06. The Labute approximate surface area is 168 Å². The molecule has 0 aliphatic heterocycles. The van der Waals surface area contributed by atoms with E-state index in [1.54, 1.807) is 4.90 Å². The highest BCUT2D eigenvalue weighted by atomic mass is 35.5. The summed E-state index contributed by atoms with van der Waals surface area (Å²) in [5, 5.41) is 9.43. The molecule has 2 heterocycles. The van der Waals surface area contributed by atoms with Gasteiger partial charge in [-0.3, -0.25) is 9.48 Å². The second-order valence-corrected chi connectivity index (χ2v) is 7.43. The topological polar surface area (TPSA) is 50.2 Å². The van der Waals surface area contributed by atoms with Gasteiger partial charge in [0.05, 0.1) is 17.1 Å². The van der Waals surface area contributed by atoms with Crippen molar-refractivity contribution in [3.05, 3.63) is 51.5 Å². The van der Waals surface area contributed by atoms with Crippen molar-refractivity contribution in [1.82, 2.24) is 20.0 Å². The fourth-order valence-corrected chi connectivity index (χ4v) is 4.03. The number of carbonyl (C=O) groups is 1. The number of nitrogens with one attached hydrogen (secondary N) is 1. The van der Waals surface area contributed by atoms with Crippen LogP contribution in [0.3, 0.4) is 0 Å². The van der Waals surface area contributed by atoms with Gasteiger partial charge in [-0.2, -0.15) is 5.10 Å². The molecule has 1 aromatic carbocycles. The zero-order valence-corrected chi connectivity index (χ0v) is 17.3. The van der Waals surface area contributed by atoms with Crippen molar-refractivity contribution in [2.24, 2.45) is 0 Å². The van der Waals surface area contributed by atoms with Crippen LogP contribution in [0.4, 0.5) is 0 Å². The Morgan fingerprint density at radius 1 is 1.38 bits per heavy atom. The number of aryl methyl sites for hydroxylation is 1. The first-order valence-electron chi connectivity index (χ1n) is 8.11. The van der Waals surface area contributed by atoms with Gasteiger partial charge in [-0.05, 0) is 31.7 Å².